The minimum absolute atomic E-state index is 0.0345. The molecule has 2 aromatic rings. The third-order valence-corrected chi connectivity index (χ3v) is 9.60. The Morgan fingerprint density at radius 3 is 2.50 bits per heavy atom. The second-order valence-electron chi connectivity index (χ2n) is 10.6. The molecule has 0 bridgehead atoms. The number of alkyl halides is 3. The van der Waals surface area contributed by atoms with Crippen LogP contribution in [0.2, 0.25) is 0 Å². The number of amides is 2. The van der Waals surface area contributed by atoms with Crippen LogP contribution in [-0.4, -0.2) is 69.5 Å². The number of carbonyl (C=O) groups excluding carboxylic acids is 2. The van der Waals surface area contributed by atoms with Gasteiger partial charge in [-0.05, 0) is 74.1 Å². The van der Waals surface area contributed by atoms with E-state index in [1.807, 2.05) is 13.0 Å². The molecule has 2 aliphatic rings. The van der Waals surface area contributed by atoms with E-state index in [4.69, 9.17) is 9.47 Å². The zero-order chi connectivity index (χ0) is 30.5. The van der Waals surface area contributed by atoms with Crippen molar-refractivity contribution in [2.45, 2.75) is 74.6 Å². The van der Waals surface area contributed by atoms with Gasteiger partial charge in [-0.3, -0.25) is 9.59 Å². The first-order valence-electron chi connectivity index (χ1n) is 13.9. The van der Waals surface area contributed by atoms with Crippen LogP contribution in [0, 0.1) is 6.92 Å². The van der Waals surface area contributed by atoms with Crippen LogP contribution < -0.4 is 15.4 Å². The van der Waals surface area contributed by atoms with Gasteiger partial charge in [-0.25, -0.2) is 8.42 Å². The predicted molar refractivity (Wildman–Crippen MR) is 148 cm³/mol. The number of methoxy groups -OCH3 is 1. The van der Waals surface area contributed by atoms with Gasteiger partial charge in [0.05, 0.1) is 17.6 Å². The number of aryl methyl sites for hydroxylation is 1. The number of sulfonamides is 1. The molecule has 2 heterocycles. The van der Waals surface area contributed by atoms with Crippen molar-refractivity contribution in [3.63, 3.8) is 0 Å². The number of hydrogen-bond donors (Lipinski definition) is 2. The summed E-state index contributed by atoms with van der Waals surface area (Å²) in [6, 6.07) is 6.53. The molecule has 2 aromatic carbocycles. The zero-order valence-corrected chi connectivity index (χ0v) is 24.4. The first-order valence-corrected chi connectivity index (χ1v) is 15.4. The molecule has 0 aliphatic carbocycles. The summed E-state index contributed by atoms with van der Waals surface area (Å²) in [5, 5.41) is 5.75. The Kier molecular flexibility index (Phi) is 10.2. The average molecular weight is 612 g/mol. The van der Waals surface area contributed by atoms with Crippen molar-refractivity contribution in [1.82, 2.24) is 14.9 Å². The highest BCUT2D eigenvalue weighted by molar-refractivity contribution is 7.89. The number of benzene rings is 2. The molecule has 2 aliphatic heterocycles. The summed E-state index contributed by atoms with van der Waals surface area (Å²) in [7, 11) is -2.90. The summed E-state index contributed by atoms with van der Waals surface area (Å²) in [5.74, 6) is -0.446. The van der Waals surface area contributed by atoms with Crippen LogP contribution in [0.15, 0.2) is 47.4 Å². The predicted octanol–water partition coefficient (Wildman–Crippen LogP) is 3.59. The summed E-state index contributed by atoms with van der Waals surface area (Å²) >= 11 is 0. The number of nitrogens with zero attached hydrogens (tertiary/aromatic N) is 1. The number of nitrogens with one attached hydrogen (secondary N) is 2. The van der Waals surface area contributed by atoms with Gasteiger partial charge >= 0.3 is 6.18 Å². The number of carbonyl (C=O) groups is 2. The fourth-order valence-electron chi connectivity index (χ4n) is 5.29. The lowest BCUT2D eigenvalue weighted by atomic mass is 9.98. The van der Waals surface area contributed by atoms with Gasteiger partial charge in [0.1, 0.15) is 17.8 Å². The van der Waals surface area contributed by atoms with E-state index in [1.54, 1.807) is 19.2 Å². The van der Waals surface area contributed by atoms with Gasteiger partial charge in [0.25, 0.3) is 0 Å². The first kappa shape index (κ1) is 31.8. The maximum absolute atomic E-state index is 13.7. The van der Waals surface area contributed by atoms with Crippen LogP contribution >= 0.6 is 0 Å². The highest BCUT2D eigenvalue weighted by atomic mass is 32.2. The van der Waals surface area contributed by atoms with Gasteiger partial charge in [-0.15, -0.1) is 0 Å². The van der Waals surface area contributed by atoms with Crippen LogP contribution in [0.5, 0.6) is 5.75 Å². The number of rotatable bonds is 9. The Bertz CT molecular complexity index is 1380. The van der Waals surface area contributed by atoms with Gasteiger partial charge in [-0.2, -0.15) is 17.5 Å². The van der Waals surface area contributed by atoms with Crippen molar-refractivity contribution >= 4 is 21.8 Å². The molecule has 0 saturated carbocycles. The van der Waals surface area contributed by atoms with E-state index in [9.17, 15) is 31.2 Å². The summed E-state index contributed by atoms with van der Waals surface area (Å²) in [4.78, 5) is 26.6. The minimum atomic E-state index is -4.73. The van der Waals surface area contributed by atoms with Crippen molar-refractivity contribution in [1.29, 1.82) is 0 Å². The summed E-state index contributed by atoms with van der Waals surface area (Å²) < 4.78 is 78.6. The largest absolute Gasteiger partial charge is 0.497 e. The molecular formula is C29H36F3N3O6S. The van der Waals surface area contributed by atoms with Gasteiger partial charge in [0.2, 0.25) is 21.8 Å². The topological polar surface area (TPSA) is 114 Å². The molecule has 2 atom stereocenters. The normalized spacial score (nSPS) is 19.6. The number of hydrogen-bond acceptors (Lipinski definition) is 6. The molecule has 2 N–H and O–H groups in total. The van der Waals surface area contributed by atoms with Gasteiger partial charge in [-0.1, -0.05) is 18.6 Å². The fourth-order valence-corrected chi connectivity index (χ4v) is 6.99. The molecule has 4 rings (SSSR count). The molecule has 2 fully saturated rings. The Labute approximate surface area is 243 Å². The number of piperidine rings is 1. The summed E-state index contributed by atoms with van der Waals surface area (Å²) in [6.45, 7) is 2.83. The van der Waals surface area contributed by atoms with Crippen molar-refractivity contribution in [3.8, 4) is 5.75 Å². The van der Waals surface area contributed by atoms with Crippen molar-refractivity contribution in [3.05, 3.63) is 59.2 Å². The summed E-state index contributed by atoms with van der Waals surface area (Å²) in [5.41, 5.74) is 0.542. The maximum atomic E-state index is 13.7. The van der Waals surface area contributed by atoms with Crippen molar-refractivity contribution in [2.75, 3.05) is 26.9 Å². The number of halogens is 3. The number of ether oxygens (including phenoxy) is 2. The highest BCUT2D eigenvalue weighted by Crippen LogP contribution is 2.32. The smallest absolute Gasteiger partial charge is 0.416 e. The van der Waals surface area contributed by atoms with E-state index in [-0.39, 0.29) is 25.4 Å². The second kappa shape index (κ2) is 13.4. The van der Waals surface area contributed by atoms with E-state index in [1.165, 1.54) is 0 Å². The molecule has 2 amide bonds. The van der Waals surface area contributed by atoms with Crippen LogP contribution in [0.3, 0.4) is 0 Å². The Balaban J connectivity index is 1.59. The lowest BCUT2D eigenvalue weighted by Gasteiger charge is -2.35. The Morgan fingerprint density at radius 2 is 1.83 bits per heavy atom. The monoisotopic (exact) mass is 611 g/mol. The van der Waals surface area contributed by atoms with Crippen LogP contribution in [0.4, 0.5) is 13.2 Å². The SMILES string of the molecule is COc1ccc(C[C@H](NC(=O)C2CCCCN2S(=O)(=O)c2cccc(C(F)(F)F)c2)C(=O)NC2CCOCC2)c(C)c1. The molecule has 9 nitrogen and oxygen atoms in total. The highest BCUT2D eigenvalue weighted by Gasteiger charge is 2.40. The van der Waals surface area contributed by atoms with Crippen LogP contribution in [-0.2, 0) is 36.9 Å². The van der Waals surface area contributed by atoms with Gasteiger partial charge in [0.15, 0.2) is 0 Å². The first-order chi connectivity index (χ1) is 19.9. The molecule has 1 unspecified atom stereocenters. The minimum Gasteiger partial charge on any atom is -0.497 e. The van der Waals surface area contributed by atoms with E-state index in [0.717, 1.165) is 33.6 Å². The van der Waals surface area contributed by atoms with Crippen LogP contribution in [0.1, 0.15) is 48.8 Å². The third kappa shape index (κ3) is 7.61. The van der Waals surface area contributed by atoms with Crippen molar-refractivity contribution in [2.24, 2.45) is 0 Å². The van der Waals surface area contributed by atoms with E-state index < -0.39 is 50.6 Å². The molecule has 42 heavy (non-hydrogen) atoms. The van der Waals surface area contributed by atoms with E-state index >= 15 is 0 Å². The van der Waals surface area contributed by atoms with Gasteiger partial charge < -0.3 is 20.1 Å². The van der Waals surface area contributed by atoms with Crippen LogP contribution in [0.25, 0.3) is 0 Å². The maximum Gasteiger partial charge on any atom is 0.416 e. The van der Waals surface area contributed by atoms with Crippen molar-refractivity contribution < 1.29 is 40.7 Å². The van der Waals surface area contributed by atoms with E-state index in [2.05, 4.69) is 10.6 Å². The summed E-state index contributed by atoms with van der Waals surface area (Å²) in [6.07, 6.45) is -2.18. The molecule has 0 radical (unpaired) electrons. The molecule has 0 spiro atoms. The molecule has 2 saturated heterocycles. The standard InChI is InChI=1S/C29H36F3N3O6S/c1-19-16-23(40-2)10-9-20(19)17-25(27(36)33-22-11-14-41-15-12-22)34-28(37)26-8-3-4-13-35(26)42(38,39)24-7-5-6-21(18-24)29(30,31)32/h5-7,9-10,16,18,22,25-26H,3-4,8,11-15,17H2,1-2H3,(H,33,36)(H,34,37)/t25-,26?/m0/s1. The van der Waals surface area contributed by atoms with E-state index in [0.29, 0.717) is 50.7 Å². The zero-order valence-electron chi connectivity index (χ0n) is 23.6. The lowest BCUT2D eigenvalue weighted by Crippen LogP contribution is -2.57. The lowest BCUT2D eigenvalue weighted by molar-refractivity contribution is -0.137. The average Bonchev–Trinajstić information content (AvgIpc) is 2.97. The fraction of sp³-hybridized carbons (Fsp3) is 0.517. The Morgan fingerprint density at radius 1 is 1.10 bits per heavy atom. The second-order valence-corrected chi connectivity index (χ2v) is 12.5. The molecule has 230 valence electrons. The molecular weight excluding hydrogens is 575 g/mol. The molecule has 13 heteroatoms. The quantitative estimate of drug-likeness (QED) is 0.448. The molecule has 0 aromatic heterocycles. The van der Waals surface area contributed by atoms with Gasteiger partial charge in [0, 0.05) is 32.2 Å². The Hall–Kier alpha value is -3.16. The third-order valence-electron chi connectivity index (χ3n) is 7.70.